The molecule has 1 aromatic carbocycles. The number of nitrogens with zero attached hydrogens (tertiary/aromatic N) is 4. The van der Waals surface area contributed by atoms with E-state index in [-0.39, 0.29) is 28.4 Å². The molecule has 0 unspecified atom stereocenters. The van der Waals surface area contributed by atoms with Crippen LogP contribution in [0.1, 0.15) is 33.5 Å². The van der Waals surface area contributed by atoms with Crippen LogP contribution in [-0.4, -0.2) is 45.1 Å². The summed E-state index contributed by atoms with van der Waals surface area (Å²) in [6, 6.07) is 3.77. The van der Waals surface area contributed by atoms with Gasteiger partial charge in [0.2, 0.25) is 0 Å². The third-order valence-electron chi connectivity index (χ3n) is 4.73. The van der Waals surface area contributed by atoms with Gasteiger partial charge in [0.1, 0.15) is 5.69 Å². The van der Waals surface area contributed by atoms with E-state index in [1.54, 1.807) is 25.6 Å². The van der Waals surface area contributed by atoms with Gasteiger partial charge in [-0.05, 0) is 32.0 Å². The number of carbonyl (C=O) groups is 2. The minimum absolute atomic E-state index is 0.0350. The molecule has 0 atom stereocenters. The molecule has 0 spiro atoms. The predicted octanol–water partition coefficient (Wildman–Crippen LogP) is 3.06. The highest BCUT2D eigenvalue weighted by Gasteiger charge is 2.22. The summed E-state index contributed by atoms with van der Waals surface area (Å²) in [6.07, 6.45) is 2.88. The first-order valence-electron chi connectivity index (χ1n) is 9.55. The number of methoxy groups -OCH3 is 1. The molecule has 10 nitrogen and oxygen atoms in total. The Morgan fingerprint density at radius 1 is 1.09 bits per heavy atom. The zero-order valence-corrected chi connectivity index (χ0v) is 17.8. The molecule has 3 aromatic rings. The predicted molar refractivity (Wildman–Crippen MR) is 111 cm³/mol. The summed E-state index contributed by atoms with van der Waals surface area (Å²) < 4.78 is 37.5. The van der Waals surface area contributed by atoms with E-state index in [2.05, 4.69) is 25.6 Å². The Morgan fingerprint density at radius 2 is 1.78 bits per heavy atom. The zero-order chi connectivity index (χ0) is 23.4. The van der Waals surface area contributed by atoms with E-state index in [1.807, 2.05) is 0 Å². The second-order valence-electron chi connectivity index (χ2n) is 6.64. The van der Waals surface area contributed by atoms with Crippen LogP contribution < -0.4 is 20.1 Å². The van der Waals surface area contributed by atoms with Gasteiger partial charge in [0, 0.05) is 19.2 Å². The smallest absolute Gasteiger partial charge is 0.387 e. The van der Waals surface area contributed by atoms with Gasteiger partial charge in [0.15, 0.2) is 11.5 Å². The number of aromatic nitrogens is 4. The molecule has 2 aromatic heterocycles. The highest BCUT2D eigenvalue weighted by molar-refractivity contribution is 6.11. The molecule has 0 bridgehead atoms. The van der Waals surface area contributed by atoms with Gasteiger partial charge in [-0.2, -0.15) is 19.0 Å². The van der Waals surface area contributed by atoms with Gasteiger partial charge >= 0.3 is 6.61 Å². The van der Waals surface area contributed by atoms with Crippen LogP contribution in [0.2, 0.25) is 0 Å². The number of nitrogens with one attached hydrogen (secondary N) is 2. The number of amides is 2. The molecule has 2 heterocycles. The van der Waals surface area contributed by atoms with Crippen molar-refractivity contribution in [3.8, 4) is 11.5 Å². The number of ether oxygens (including phenoxy) is 2. The summed E-state index contributed by atoms with van der Waals surface area (Å²) >= 11 is 0. The monoisotopic (exact) mass is 448 g/mol. The van der Waals surface area contributed by atoms with Gasteiger partial charge in [-0.3, -0.25) is 19.0 Å². The van der Waals surface area contributed by atoms with Crippen LogP contribution in [0, 0.1) is 6.92 Å². The van der Waals surface area contributed by atoms with Crippen molar-refractivity contribution in [3.63, 3.8) is 0 Å². The van der Waals surface area contributed by atoms with E-state index in [9.17, 15) is 18.4 Å². The average Bonchev–Trinajstić information content (AvgIpc) is 3.31. The van der Waals surface area contributed by atoms with Crippen LogP contribution >= 0.6 is 0 Å². The Balaban J connectivity index is 1.85. The minimum atomic E-state index is -3.03. The third kappa shape index (κ3) is 4.68. The number of benzene rings is 1. The molecule has 0 fully saturated rings. The fourth-order valence-electron chi connectivity index (χ4n) is 2.96. The van der Waals surface area contributed by atoms with Crippen LogP contribution in [0.5, 0.6) is 11.5 Å². The topological polar surface area (TPSA) is 112 Å². The number of hydrogen-bond donors (Lipinski definition) is 2. The third-order valence-corrected chi connectivity index (χ3v) is 4.73. The van der Waals surface area contributed by atoms with Gasteiger partial charge in [-0.1, -0.05) is 0 Å². The summed E-state index contributed by atoms with van der Waals surface area (Å²) in [5, 5.41) is 13.6. The van der Waals surface area contributed by atoms with E-state index in [1.165, 1.54) is 42.4 Å². The number of hydrogen-bond acceptors (Lipinski definition) is 6. The number of carbonyl (C=O) groups excluding carboxylic acids is 2. The second kappa shape index (κ2) is 9.45. The molecule has 3 rings (SSSR count). The van der Waals surface area contributed by atoms with E-state index in [4.69, 9.17) is 4.74 Å². The second-order valence-corrected chi connectivity index (χ2v) is 6.64. The van der Waals surface area contributed by atoms with Crippen LogP contribution in [-0.2, 0) is 13.6 Å². The fourth-order valence-corrected chi connectivity index (χ4v) is 2.96. The van der Waals surface area contributed by atoms with Gasteiger partial charge in [0.25, 0.3) is 11.8 Å². The molecule has 0 aliphatic carbocycles. The first-order valence-corrected chi connectivity index (χ1v) is 9.55. The van der Waals surface area contributed by atoms with Crippen molar-refractivity contribution < 1.29 is 27.8 Å². The van der Waals surface area contributed by atoms with Crippen molar-refractivity contribution in [1.82, 2.24) is 19.6 Å². The molecule has 0 aliphatic rings. The van der Waals surface area contributed by atoms with E-state index >= 15 is 0 Å². The van der Waals surface area contributed by atoms with Gasteiger partial charge in [-0.15, -0.1) is 0 Å². The zero-order valence-electron chi connectivity index (χ0n) is 17.8. The van der Waals surface area contributed by atoms with Crippen LogP contribution in [0.3, 0.4) is 0 Å². The Labute approximate surface area is 182 Å². The molecule has 2 amide bonds. The normalized spacial score (nSPS) is 10.8. The fraction of sp³-hybridized carbons (Fsp3) is 0.300. The van der Waals surface area contributed by atoms with Crippen molar-refractivity contribution >= 4 is 23.2 Å². The summed E-state index contributed by atoms with van der Waals surface area (Å²) in [4.78, 5) is 25.7. The molecule has 32 heavy (non-hydrogen) atoms. The van der Waals surface area contributed by atoms with Crippen molar-refractivity contribution in [2.24, 2.45) is 7.05 Å². The SMILES string of the molecule is CCn1ncc(NC(=O)c2ccc(OC(F)F)c(OC)c2)c1C(=O)Nc1cnn(C)c1C. The standard InChI is InChI=1S/C20H22F2N6O4/c1-5-28-17(19(30)25-13-9-23-27(3)11(13)2)14(10-24-28)26-18(29)12-6-7-15(32-20(21)22)16(8-12)31-4/h6-10,20H,5H2,1-4H3,(H,25,30)(H,26,29). The molecule has 0 aliphatic heterocycles. The first-order chi connectivity index (χ1) is 15.2. The Bertz CT molecular complexity index is 1140. The molecular formula is C20H22F2N6O4. The maximum absolute atomic E-state index is 12.9. The molecule has 170 valence electrons. The highest BCUT2D eigenvalue weighted by Crippen LogP contribution is 2.30. The minimum Gasteiger partial charge on any atom is -0.493 e. The van der Waals surface area contributed by atoms with E-state index in [0.29, 0.717) is 12.2 Å². The molecule has 0 radical (unpaired) electrons. The van der Waals surface area contributed by atoms with E-state index in [0.717, 1.165) is 5.69 Å². The largest absolute Gasteiger partial charge is 0.493 e. The maximum Gasteiger partial charge on any atom is 0.387 e. The van der Waals surface area contributed by atoms with Gasteiger partial charge in [0.05, 0.1) is 36.6 Å². The average molecular weight is 448 g/mol. The number of halogens is 2. The van der Waals surface area contributed by atoms with Crippen LogP contribution in [0.4, 0.5) is 20.2 Å². The van der Waals surface area contributed by atoms with Gasteiger partial charge in [-0.25, -0.2) is 0 Å². The number of aryl methyl sites for hydroxylation is 2. The Hall–Kier alpha value is -3.96. The Morgan fingerprint density at radius 3 is 2.38 bits per heavy atom. The Kier molecular flexibility index (Phi) is 6.71. The quantitative estimate of drug-likeness (QED) is 0.548. The van der Waals surface area contributed by atoms with Crippen LogP contribution in [0.15, 0.2) is 30.6 Å². The lowest BCUT2D eigenvalue weighted by Gasteiger charge is -2.12. The highest BCUT2D eigenvalue weighted by atomic mass is 19.3. The molecule has 2 N–H and O–H groups in total. The van der Waals surface area contributed by atoms with Crippen molar-refractivity contribution in [2.75, 3.05) is 17.7 Å². The number of alkyl halides is 2. The lowest BCUT2D eigenvalue weighted by atomic mass is 10.2. The van der Waals surface area contributed by atoms with E-state index < -0.39 is 18.4 Å². The van der Waals surface area contributed by atoms with Crippen LogP contribution in [0.25, 0.3) is 0 Å². The summed E-state index contributed by atoms with van der Waals surface area (Å²) in [6.45, 7) is 0.958. The van der Waals surface area contributed by atoms with Crippen molar-refractivity contribution in [1.29, 1.82) is 0 Å². The van der Waals surface area contributed by atoms with Crippen molar-refractivity contribution in [3.05, 3.63) is 47.5 Å². The lowest BCUT2D eigenvalue weighted by molar-refractivity contribution is -0.0512. The molecule has 0 saturated carbocycles. The summed E-state index contributed by atoms with van der Waals surface area (Å²) in [5.41, 5.74) is 1.72. The number of rotatable bonds is 8. The van der Waals surface area contributed by atoms with Gasteiger partial charge < -0.3 is 20.1 Å². The van der Waals surface area contributed by atoms with Crippen molar-refractivity contribution in [2.45, 2.75) is 27.0 Å². The molecule has 0 saturated heterocycles. The first kappa shape index (κ1) is 22.7. The molecular weight excluding hydrogens is 426 g/mol. The lowest BCUT2D eigenvalue weighted by Crippen LogP contribution is -2.21. The summed E-state index contributed by atoms with van der Waals surface area (Å²) in [5.74, 6) is -1.31. The number of anilines is 2. The molecule has 12 heteroatoms. The summed E-state index contributed by atoms with van der Waals surface area (Å²) in [7, 11) is 3.02. The maximum atomic E-state index is 12.9.